The molecule has 3 saturated heterocycles. The molecule has 41 heavy (non-hydrogen) atoms. The summed E-state index contributed by atoms with van der Waals surface area (Å²) in [6.07, 6.45) is -1.51. The van der Waals surface area contributed by atoms with Gasteiger partial charge in [-0.1, -0.05) is 5.92 Å². The van der Waals surface area contributed by atoms with Crippen LogP contribution in [0.25, 0.3) is 11.2 Å². The van der Waals surface area contributed by atoms with Crippen molar-refractivity contribution in [2.75, 3.05) is 38.5 Å². The number of carbonyl (C=O) groups excluding carboxylic acids is 3. The summed E-state index contributed by atoms with van der Waals surface area (Å²) in [5.74, 6) is 5.67. The zero-order valence-corrected chi connectivity index (χ0v) is 22.7. The Hall–Kier alpha value is -4.00. The van der Waals surface area contributed by atoms with Crippen LogP contribution in [0.15, 0.2) is 6.33 Å². The average molecular weight is 571 g/mol. The third-order valence-corrected chi connectivity index (χ3v) is 7.60. The number of hydrogen-bond donors (Lipinski definition) is 5. The molecule has 0 aromatic carbocycles. The molecule has 15 nitrogen and oxygen atoms in total. The minimum absolute atomic E-state index is 0.0715. The van der Waals surface area contributed by atoms with Gasteiger partial charge in [0.1, 0.15) is 24.3 Å². The van der Waals surface area contributed by atoms with Crippen LogP contribution in [-0.4, -0.2) is 104 Å². The number of nitrogens with two attached hydrogens (primary N) is 1. The summed E-state index contributed by atoms with van der Waals surface area (Å²) < 4.78 is 12.4. The second-order valence-corrected chi connectivity index (χ2v) is 10.4. The summed E-state index contributed by atoms with van der Waals surface area (Å²) in [5.41, 5.74) is 6.61. The first-order valence-electron chi connectivity index (χ1n) is 13.7. The van der Waals surface area contributed by atoms with E-state index in [2.05, 4.69) is 37.4 Å². The number of anilines is 1. The van der Waals surface area contributed by atoms with Crippen LogP contribution < -0.4 is 16.4 Å². The van der Waals surface area contributed by atoms with Gasteiger partial charge in [-0.05, 0) is 38.0 Å². The van der Waals surface area contributed by atoms with Crippen LogP contribution in [0.1, 0.15) is 44.7 Å². The molecule has 0 bridgehead atoms. The monoisotopic (exact) mass is 570 g/mol. The number of nitrogens with zero attached hydrogens (tertiary/aromatic N) is 5. The number of fused-ring (bicyclic) bond motifs is 1. The lowest BCUT2D eigenvalue weighted by molar-refractivity contribution is -0.137. The first-order chi connectivity index (χ1) is 19.8. The van der Waals surface area contributed by atoms with Crippen LogP contribution in [0.5, 0.6) is 0 Å². The van der Waals surface area contributed by atoms with E-state index in [0.717, 1.165) is 12.8 Å². The summed E-state index contributed by atoms with van der Waals surface area (Å²) in [6, 6.07) is 0. The minimum atomic E-state index is -1.44. The molecule has 3 amide bonds. The highest BCUT2D eigenvalue weighted by molar-refractivity contribution is 5.83. The molecule has 6 N–H and O–H groups in total. The van der Waals surface area contributed by atoms with Gasteiger partial charge in [-0.25, -0.2) is 19.7 Å². The molecular formula is C26H34N8O7. The van der Waals surface area contributed by atoms with Crippen molar-refractivity contribution in [2.45, 2.75) is 57.1 Å². The Morgan fingerprint density at radius 2 is 2.02 bits per heavy atom. The van der Waals surface area contributed by atoms with E-state index < -0.39 is 36.5 Å². The lowest BCUT2D eigenvalue weighted by Gasteiger charge is -2.30. The number of piperidine rings is 1. The number of imidazole rings is 1. The fraction of sp³-hybridized carbons (Fsp3) is 0.615. The summed E-state index contributed by atoms with van der Waals surface area (Å²) >= 11 is 0. The van der Waals surface area contributed by atoms with Crippen molar-refractivity contribution in [1.82, 2.24) is 35.1 Å². The van der Waals surface area contributed by atoms with E-state index in [-0.39, 0.29) is 47.2 Å². The third kappa shape index (κ3) is 6.04. The molecule has 2 aromatic heterocycles. The highest BCUT2D eigenvalue weighted by atomic mass is 16.6. The summed E-state index contributed by atoms with van der Waals surface area (Å²) in [4.78, 5) is 50.8. The van der Waals surface area contributed by atoms with Gasteiger partial charge in [0.05, 0.1) is 12.2 Å². The lowest BCUT2D eigenvalue weighted by atomic mass is 9.94. The Kier molecular flexibility index (Phi) is 8.52. The van der Waals surface area contributed by atoms with Crippen LogP contribution in [0, 0.1) is 23.7 Å². The molecule has 0 saturated carbocycles. The Morgan fingerprint density at radius 3 is 2.73 bits per heavy atom. The van der Waals surface area contributed by atoms with Gasteiger partial charge in [0.2, 0.25) is 11.7 Å². The van der Waals surface area contributed by atoms with Crippen LogP contribution in [-0.2, 0) is 19.1 Å². The molecule has 5 rings (SSSR count). The van der Waals surface area contributed by atoms with Gasteiger partial charge in [-0.2, -0.15) is 0 Å². The van der Waals surface area contributed by atoms with E-state index in [1.54, 1.807) is 11.8 Å². The summed E-state index contributed by atoms with van der Waals surface area (Å²) in [5, 5.41) is 26.3. The Morgan fingerprint density at radius 1 is 1.24 bits per heavy atom. The summed E-state index contributed by atoms with van der Waals surface area (Å²) in [6.45, 7) is 3.89. The molecule has 5 heterocycles. The van der Waals surface area contributed by atoms with Gasteiger partial charge < -0.3 is 41.0 Å². The SMILES string of the molecule is CCNC(=O)C1OC(n2cnc3c(N)nc(C#CCC4CCN(C(=O)OCC5CCNC5=O)CC4)nc32)C(O)C1O. The Balaban J connectivity index is 1.19. The average Bonchev–Trinajstić information content (AvgIpc) is 3.65. The molecule has 0 spiro atoms. The molecule has 0 aliphatic carbocycles. The van der Waals surface area contributed by atoms with Crippen molar-refractivity contribution in [3.05, 3.63) is 12.2 Å². The highest BCUT2D eigenvalue weighted by Gasteiger charge is 2.47. The third-order valence-electron chi connectivity index (χ3n) is 7.60. The molecule has 3 aliphatic rings. The molecule has 3 fully saturated rings. The number of aliphatic hydroxyl groups excluding tert-OH is 2. The van der Waals surface area contributed by atoms with Crippen LogP contribution in [0.3, 0.4) is 0 Å². The molecule has 2 aromatic rings. The fourth-order valence-electron chi connectivity index (χ4n) is 5.22. The molecule has 5 atom stereocenters. The van der Waals surface area contributed by atoms with Crippen LogP contribution in [0.2, 0.25) is 0 Å². The number of nitrogens with one attached hydrogen (secondary N) is 2. The smallest absolute Gasteiger partial charge is 0.409 e. The topological polar surface area (TPSA) is 207 Å². The van der Waals surface area contributed by atoms with Crippen LogP contribution >= 0.6 is 0 Å². The first-order valence-corrected chi connectivity index (χ1v) is 13.7. The largest absolute Gasteiger partial charge is 0.449 e. The lowest BCUT2D eigenvalue weighted by Crippen LogP contribution is -2.42. The standard InChI is InChI=1S/C26H34N8O7/c1-2-28-24(38)20-18(35)19(36)25(41-20)34-13-30-17-21(27)31-16(32-22(17)34)5-3-4-14-7-10-33(11-8-14)26(39)40-12-15-6-9-29-23(15)37/h13-15,18-20,25,35-36H,2,4,6-12H2,1H3,(H,28,38)(H,29,37)(H2,27,31,32). The number of amides is 3. The molecule has 0 radical (unpaired) electrons. The van der Waals surface area contributed by atoms with Crippen molar-refractivity contribution in [1.29, 1.82) is 0 Å². The number of hydrogen-bond acceptors (Lipinski definition) is 11. The first kappa shape index (κ1) is 28.5. The normalized spacial score (nSPS) is 26.5. The van der Waals surface area contributed by atoms with E-state index in [0.29, 0.717) is 39.0 Å². The molecule has 220 valence electrons. The van der Waals surface area contributed by atoms with Gasteiger partial charge >= 0.3 is 6.09 Å². The van der Waals surface area contributed by atoms with Gasteiger partial charge in [0.25, 0.3) is 5.91 Å². The maximum absolute atomic E-state index is 12.4. The zero-order chi connectivity index (χ0) is 29.1. The Bertz CT molecular complexity index is 1360. The predicted octanol–water partition coefficient (Wildman–Crippen LogP) is -1.11. The molecule has 3 aliphatic heterocycles. The molecular weight excluding hydrogens is 536 g/mol. The van der Waals surface area contributed by atoms with Crippen molar-refractivity contribution in [3.8, 4) is 11.8 Å². The van der Waals surface area contributed by atoms with Crippen molar-refractivity contribution >= 4 is 34.9 Å². The van der Waals surface area contributed by atoms with Gasteiger partial charge in [-0.15, -0.1) is 0 Å². The van der Waals surface area contributed by atoms with Gasteiger partial charge in [-0.3, -0.25) is 14.2 Å². The zero-order valence-electron chi connectivity index (χ0n) is 22.7. The van der Waals surface area contributed by atoms with E-state index in [1.165, 1.54) is 10.9 Å². The number of aliphatic hydroxyl groups is 2. The number of aromatic nitrogens is 4. The fourth-order valence-corrected chi connectivity index (χ4v) is 5.22. The number of likely N-dealkylation sites (N-methyl/N-ethyl adjacent to an activating group) is 1. The van der Waals surface area contributed by atoms with Crippen molar-refractivity contribution in [2.24, 2.45) is 11.8 Å². The Labute approximate surface area is 235 Å². The van der Waals surface area contributed by atoms with E-state index >= 15 is 0 Å². The second kappa shape index (κ2) is 12.2. The maximum Gasteiger partial charge on any atom is 0.409 e. The summed E-state index contributed by atoms with van der Waals surface area (Å²) in [7, 11) is 0. The minimum Gasteiger partial charge on any atom is -0.449 e. The van der Waals surface area contributed by atoms with E-state index in [4.69, 9.17) is 15.2 Å². The van der Waals surface area contributed by atoms with Crippen molar-refractivity contribution in [3.63, 3.8) is 0 Å². The number of nitrogen functional groups attached to an aromatic ring is 1. The van der Waals surface area contributed by atoms with Gasteiger partial charge in [0, 0.05) is 32.6 Å². The molecule has 15 heteroatoms. The predicted molar refractivity (Wildman–Crippen MR) is 143 cm³/mol. The quantitative estimate of drug-likeness (QED) is 0.263. The number of ether oxygens (including phenoxy) is 2. The van der Waals surface area contributed by atoms with E-state index in [1.807, 2.05) is 0 Å². The number of carbonyl (C=O) groups is 3. The van der Waals surface area contributed by atoms with Crippen LogP contribution in [0.4, 0.5) is 10.6 Å². The number of rotatable bonds is 6. The van der Waals surface area contributed by atoms with Gasteiger partial charge in [0.15, 0.2) is 23.8 Å². The second-order valence-electron chi connectivity index (χ2n) is 10.4. The maximum atomic E-state index is 12.4. The number of likely N-dealkylation sites (tertiary alicyclic amines) is 1. The van der Waals surface area contributed by atoms with E-state index in [9.17, 15) is 24.6 Å². The highest BCUT2D eigenvalue weighted by Crippen LogP contribution is 2.32. The van der Waals surface area contributed by atoms with Crippen molar-refractivity contribution < 1.29 is 34.1 Å². The molecule has 5 unspecified atom stereocenters.